The van der Waals surface area contributed by atoms with Crippen LogP contribution >= 0.6 is 0 Å². The fourth-order valence-electron chi connectivity index (χ4n) is 4.74. The quantitative estimate of drug-likeness (QED) is 0.632. The molecule has 0 amide bonds. The number of hydrogen-bond donors (Lipinski definition) is 2. The molecule has 8 nitrogen and oxygen atoms in total. The molecule has 2 aliphatic heterocycles. The van der Waals surface area contributed by atoms with Crippen LogP contribution < -0.4 is 20.3 Å². The van der Waals surface area contributed by atoms with E-state index in [2.05, 4.69) is 42.6 Å². The summed E-state index contributed by atoms with van der Waals surface area (Å²) in [6, 6.07) is 5.12. The van der Waals surface area contributed by atoms with Gasteiger partial charge in [0.2, 0.25) is 17.8 Å². The third kappa shape index (κ3) is 4.62. The molecule has 5 rings (SSSR count). The van der Waals surface area contributed by atoms with Crippen LogP contribution in [0.2, 0.25) is 0 Å². The zero-order valence-electron chi connectivity index (χ0n) is 18.4. The molecule has 1 saturated heterocycles. The second kappa shape index (κ2) is 9.28. The van der Waals surface area contributed by atoms with Gasteiger partial charge in [0.15, 0.2) is 11.6 Å². The second-order valence-electron chi connectivity index (χ2n) is 8.77. The fraction of sp³-hybridized carbons (Fsp3) is 0.522. The lowest BCUT2D eigenvalue weighted by Gasteiger charge is -2.22. The SMILES string of the molecule is COc1ccc(Nc2nc(NCC3CCCCC3)nc(N3CC4C=CCN4C3)n2)cc1F. The van der Waals surface area contributed by atoms with E-state index in [0.29, 0.717) is 35.5 Å². The van der Waals surface area contributed by atoms with Crippen LogP contribution in [0.4, 0.5) is 27.9 Å². The highest BCUT2D eigenvalue weighted by Gasteiger charge is 2.32. The van der Waals surface area contributed by atoms with Crippen LogP contribution in [-0.2, 0) is 0 Å². The number of halogens is 1. The lowest BCUT2D eigenvalue weighted by molar-refractivity contribution is 0.348. The van der Waals surface area contributed by atoms with E-state index in [0.717, 1.165) is 26.3 Å². The molecule has 1 unspecified atom stereocenters. The van der Waals surface area contributed by atoms with Crippen LogP contribution in [0.15, 0.2) is 30.4 Å². The molecule has 9 heteroatoms. The maximum atomic E-state index is 14.2. The number of fused-ring (bicyclic) bond motifs is 1. The minimum Gasteiger partial charge on any atom is -0.494 e. The van der Waals surface area contributed by atoms with Gasteiger partial charge in [-0.1, -0.05) is 31.4 Å². The maximum Gasteiger partial charge on any atom is 0.233 e. The summed E-state index contributed by atoms with van der Waals surface area (Å²) in [5, 5.41) is 6.57. The van der Waals surface area contributed by atoms with Crippen LogP contribution in [0.3, 0.4) is 0 Å². The summed E-state index contributed by atoms with van der Waals surface area (Å²) in [6.07, 6.45) is 10.9. The Morgan fingerprint density at radius 1 is 1.12 bits per heavy atom. The molecule has 3 heterocycles. The lowest BCUT2D eigenvalue weighted by atomic mass is 9.89. The number of benzene rings is 1. The molecule has 1 aromatic carbocycles. The maximum absolute atomic E-state index is 14.2. The molecule has 0 spiro atoms. The molecule has 2 N–H and O–H groups in total. The van der Waals surface area contributed by atoms with E-state index in [1.54, 1.807) is 12.1 Å². The zero-order chi connectivity index (χ0) is 21.9. The Balaban J connectivity index is 1.37. The van der Waals surface area contributed by atoms with E-state index in [1.807, 2.05) is 0 Å². The summed E-state index contributed by atoms with van der Waals surface area (Å²) >= 11 is 0. The predicted octanol–water partition coefficient (Wildman–Crippen LogP) is 3.77. The van der Waals surface area contributed by atoms with Crippen LogP contribution in [0.5, 0.6) is 5.75 Å². The van der Waals surface area contributed by atoms with E-state index in [-0.39, 0.29) is 5.75 Å². The standard InChI is InChI=1S/C23H30FN7O/c1-32-20-10-9-17(12-19(20)24)26-22-27-21(25-13-16-6-3-2-4-7-16)28-23(29-22)31-14-18-8-5-11-30(18)15-31/h5,8-10,12,16,18H,2-4,6-7,11,13-15H2,1H3,(H2,25,26,27,28,29). The Morgan fingerprint density at radius 3 is 2.75 bits per heavy atom. The predicted molar refractivity (Wildman–Crippen MR) is 123 cm³/mol. The minimum atomic E-state index is -0.436. The molecular formula is C23H30FN7O. The Hall–Kier alpha value is -2.94. The first-order valence-corrected chi connectivity index (χ1v) is 11.4. The molecule has 0 bridgehead atoms. The van der Waals surface area contributed by atoms with Gasteiger partial charge in [0.25, 0.3) is 0 Å². The summed E-state index contributed by atoms with van der Waals surface area (Å²) in [5.41, 5.74) is 0.559. The van der Waals surface area contributed by atoms with Crippen molar-refractivity contribution in [3.8, 4) is 5.75 Å². The van der Waals surface area contributed by atoms with Gasteiger partial charge in [-0.3, -0.25) is 4.90 Å². The molecule has 1 saturated carbocycles. The van der Waals surface area contributed by atoms with E-state index in [4.69, 9.17) is 9.72 Å². The van der Waals surface area contributed by atoms with Gasteiger partial charge in [-0.2, -0.15) is 15.0 Å². The zero-order valence-corrected chi connectivity index (χ0v) is 18.4. The first-order valence-electron chi connectivity index (χ1n) is 11.4. The molecule has 1 aliphatic carbocycles. The molecule has 0 radical (unpaired) electrons. The number of methoxy groups -OCH3 is 1. The van der Waals surface area contributed by atoms with Crippen molar-refractivity contribution in [2.75, 3.05) is 48.9 Å². The lowest BCUT2D eigenvalue weighted by Crippen LogP contribution is -2.27. The number of nitrogens with zero attached hydrogens (tertiary/aromatic N) is 5. The van der Waals surface area contributed by atoms with Crippen molar-refractivity contribution in [1.82, 2.24) is 19.9 Å². The Kier molecular flexibility index (Phi) is 6.07. The van der Waals surface area contributed by atoms with E-state index < -0.39 is 5.82 Å². The van der Waals surface area contributed by atoms with Gasteiger partial charge >= 0.3 is 0 Å². The molecule has 2 aromatic rings. The van der Waals surface area contributed by atoms with E-state index >= 15 is 0 Å². The molecule has 32 heavy (non-hydrogen) atoms. The normalized spacial score (nSPS) is 21.1. The van der Waals surface area contributed by atoms with Crippen molar-refractivity contribution >= 4 is 23.5 Å². The highest BCUT2D eigenvalue weighted by Crippen LogP contribution is 2.27. The Bertz CT molecular complexity index is 979. The fourth-order valence-corrected chi connectivity index (χ4v) is 4.74. The summed E-state index contributed by atoms with van der Waals surface area (Å²) in [7, 11) is 1.45. The first kappa shape index (κ1) is 20.9. The monoisotopic (exact) mass is 439 g/mol. The van der Waals surface area contributed by atoms with Crippen molar-refractivity contribution in [3.63, 3.8) is 0 Å². The van der Waals surface area contributed by atoms with Gasteiger partial charge in [-0.15, -0.1) is 0 Å². The third-order valence-corrected chi connectivity index (χ3v) is 6.51. The highest BCUT2D eigenvalue weighted by atomic mass is 19.1. The van der Waals surface area contributed by atoms with Crippen LogP contribution in [0.25, 0.3) is 0 Å². The molecule has 3 aliphatic rings. The molecule has 1 aromatic heterocycles. The van der Waals surface area contributed by atoms with Gasteiger partial charge < -0.3 is 20.3 Å². The molecule has 2 fully saturated rings. The van der Waals surface area contributed by atoms with Crippen molar-refractivity contribution in [2.24, 2.45) is 5.92 Å². The van der Waals surface area contributed by atoms with Gasteiger partial charge in [-0.05, 0) is 30.9 Å². The number of anilines is 4. The van der Waals surface area contributed by atoms with Crippen LogP contribution in [0, 0.1) is 11.7 Å². The smallest absolute Gasteiger partial charge is 0.233 e. The summed E-state index contributed by atoms with van der Waals surface area (Å²) < 4.78 is 19.2. The average Bonchev–Trinajstić information content (AvgIpc) is 3.41. The first-order chi connectivity index (χ1) is 15.7. The average molecular weight is 440 g/mol. The number of hydrogen-bond acceptors (Lipinski definition) is 8. The summed E-state index contributed by atoms with van der Waals surface area (Å²) in [4.78, 5) is 18.5. The molecular weight excluding hydrogens is 409 g/mol. The van der Waals surface area contributed by atoms with Gasteiger partial charge in [0, 0.05) is 37.4 Å². The topological polar surface area (TPSA) is 78.4 Å². The van der Waals surface area contributed by atoms with Crippen molar-refractivity contribution in [1.29, 1.82) is 0 Å². The van der Waals surface area contributed by atoms with Crippen molar-refractivity contribution < 1.29 is 9.13 Å². The summed E-state index contributed by atoms with van der Waals surface area (Å²) in [6.45, 7) is 3.44. The molecule has 1 atom stereocenters. The largest absolute Gasteiger partial charge is 0.494 e. The van der Waals surface area contributed by atoms with Crippen molar-refractivity contribution in [2.45, 2.75) is 38.1 Å². The molecule has 170 valence electrons. The number of nitrogens with one attached hydrogen (secondary N) is 2. The van der Waals surface area contributed by atoms with Gasteiger partial charge in [-0.25, -0.2) is 4.39 Å². The van der Waals surface area contributed by atoms with Crippen molar-refractivity contribution in [3.05, 3.63) is 36.2 Å². The minimum absolute atomic E-state index is 0.201. The second-order valence-corrected chi connectivity index (χ2v) is 8.77. The van der Waals surface area contributed by atoms with Crippen LogP contribution in [0.1, 0.15) is 32.1 Å². The van der Waals surface area contributed by atoms with Gasteiger partial charge in [0.05, 0.1) is 13.8 Å². The third-order valence-electron chi connectivity index (χ3n) is 6.51. The number of ether oxygens (including phenoxy) is 1. The number of aromatic nitrogens is 3. The van der Waals surface area contributed by atoms with E-state index in [1.165, 1.54) is 45.3 Å². The highest BCUT2D eigenvalue weighted by molar-refractivity contribution is 5.57. The Labute approximate surface area is 187 Å². The van der Waals surface area contributed by atoms with Gasteiger partial charge in [0.1, 0.15) is 0 Å². The van der Waals surface area contributed by atoms with E-state index in [9.17, 15) is 4.39 Å². The van der Waals surface area contributed by atoms with Crippen LogP contribution in [-0.4, -0.2) is 59.3 Å². The number of rotatable bonds is 7. The Morgan fingerprint density at radius 2 is 1.97 bits per heavy atom. The summed E-state index contributed by atoms with van der Waals surface area (Å²) in [5.74, 6) is 2.00.